The average Bonchev–Trinajstić information content (AvgIpc) is 3.01. The van der Waals surface area contributed by atoms with E-state index in [1.165, 1.54) is 17.0 Å². The monoisotopic (exact) mass is 476 g/mol. The van der Waals surface area contributed by atoms with Crippen molar-refractivity contribution in [3.8, 4) is 11.5 Å². The van der Waals surface area contributed by atoms with Crippen molar-refractivity contribution in [3.63, 3.8) is 0 Å². The first-order valence-electron chi connectivity index (χ1n) is 9.91. The van der Waals surface area contributed by atoms with Crippen LogP contribution in [0.25, 0.3) is 6.08 Å². The number of imide groups is 1. The Labute approximate surface area is 194 Å². The Balaban J connectivity index is 1.82. The van der Waals surface area contributed by atoms with Gasteiger partial charge in [-0.25, -0.2) is 0 Å². The number of nitrogens with zero attached hydrogens (tertiary/aromatic N) is 2. The van der Waals surface area contributed by atoms with E-state index in [2.05, 4.69) is 0 Å². The number of amides is 2. The molecule has 0 spiro atoms. The highest BCUT2D eigenvalue weighted by atomic mass is 35.5. The van der Waals surface area contributed by atoms with Crippen molar-refractivity contribution < 1.29 is 24.0 Å². The fraction of sp³-hybridized carbons (Fsp3) is 0.273. The predicted molar refractivity (Wildman–Crippen MR) is 123 cm³/mol. The SMILES string of the molecule is CCCN1C(=O)S/C(=C/c2cc(Cl)c(OCc3ccc([N+](=O)[O-])cc3)c(OCC)c2)C1=O. The van der Waals surface area contributed by atoms with Crippen LogP contribution in [0.2, 0.25) is 5.02 Å². The van der Waals surface area contributed by atoms with Gasteiger partial charge >= 0.3 is 0 Å². The minimum absolute atomic E-state index is 0.00510. The third-order valence-corrected chi connectivity index (χ3v) is 5.67. The van der Waals surface area contributed by atoms with Gasteiger partial charge in [0.25, 0.3) is 16.8 Å². The summed E-state index contributed by atoms with van der Waals surface area (Å²) in [7, 11) is 0. The van der Waals surface area contributed by atoms with Gasteiger partial charge in [-0.2, -0.15) is 0 Å². The van der Waals surface area contributed by atoms with Crippen molar-refractivity contribution in [3.05, 3.63) is 67.6 Å². The number of hydrogen-bond acceptors (Lipinski definition) is 7. The molecule has 32 heavy (non-hydrogen) atoms. The van der Waals surface area contributed by atoms with Crippen LogP contribution in [0.3, 0.4) is 0 Å². The van der Waals surface area contributed by atoms with Crippen LogP contribution in [0.4, 0.5) is 10.5 Å². The summed E-state index contributed by atoms with van der Waals surface area (Å²) in [5.41, 5.74) is 1.32. The number of thioether (sulfide) groups is 1. The van der Waals surface area contributed by atoms with Crippen molar-refractivity contribution in [2.24, 2.45) is 0 Å². The maximum atomic E-state index is 12.5. The Bertz CT molecular complexity index is 1070. The molecule has 1 fully saturated rings. The fourth-order valence-electron chi connectivity index (χ4n) is 3.01. The van der Waals surface area contributed by atoms with Gasteiger partial charge in [-0.15, -0.1) is 0 Å². The first-order chi connectivity index (χ1) is 15.3. The van der Waals surface area contributed by atoms with Crippen molar-refractivity contribution in [2.75, 3.05) is 13.2 Å². The molecule has 0 saturated carbocycles. The van der Waals surface area contributed by atoms with Gasteiger partial charge in [-0.1, -0.05) is 18.5 Å². The molecule has 0 atom stereocenters. The maximum absolute atomic E-state index is 12.5. The second-order valence-corrected chi connectivity index (χ2v) is 8.21. The smallest absolute Gasteiger partial charge is 0.293 e. The number of ether oxygens (including phenoxy) is 2. The molecule has 1 heterocycles. The Morgan fingerprint density at radius 2 is 1.88 bits per heavy atom. The third-order valence-electron chi connectivity index (χ3n) is 4.48. The first-order valence-corrected chi connectivity index (χ1v) is 11.1. The molecular formula is C22H21ClN2O6S. The lowest BCUT2D eigenvalue weighted by Gasteiger charge is -2.15. The summed E-state index contributed by atoms with van der Waals surface area (Å²) in [6, 6.07) is 9.33. The fourth-order valence-corrected chi connectivity index (χ4v) is 4.15. The number of rotatable bonds is 9. The first kappa shape index (κ1) is 23.6. The van der Waals surface area contributed by atoms with E-state index in [1.54, 1.807) is 30.3 Å². The number of non-ortho nitro benzene ring substituents is 1. The van der Waals surface area contributed by atoms with E-state index in [4.69, 9.17) is 21.1 Å². The molecule has 0 unspecified atom stereocenters. The number of benzene rings is 2. The second-order valence-electron chi connectivity index (χ2n) is 6.81. The lowest BCUT2D eigenvalue weighted by atomic mass is 10.1. The van der Waals surface area contributed by atoms with Crippen LogP contribution in [-0.4, -0.2) is 34.1 Å². The molecule has 168 valence electrons. The van der Waals surface area contributed by atoms with Crippen molar-refractivity contribution in [1.29, 1.82) is 0 Å². The zero-order valence-electron chi connectivity index (χ0n) is 17.5. The lowest BCUT2D eigenvalue weighted by Crippen LogP contribution is -2.28. The van der Waals surface area contributed by atoms with Crippen LogP contribution in [0.15, 0.2) is 41.3 Å². The summed E-state index contributed by atoms with van der Waals surface area (Å²) in [4.78, 5) is 36.4. The molecule has 10 heteroatoms. The van der Waals surface area contributed by atoms with Gasteiger partial charge in [-0.05, 0) is 66.6 Å². The number of carbonyl (C=O) groups is 2. The van der Waals surface area contributed by atoms with E-state index in [0.717, 1.165) is 17.3 Å². The van der Waals surface area contributed by atoms with Gasteiger partial charge in [0.15, 0.2) is 11.5 Å². The number of hydrogen-bond donors (Lipinski definition) is 0. The maximum Gasteiger partial charge on any atom is 0.293 e. The van der Waals surface area contributed by atoms with E-state index in [0.29, 0.717) is 41.5 Å². The molecule has 1 aliphatic rings. The summed E-state index contributed by atoms with van der Waals surface area (Å²) in [5.74, 6) is 0.387. The van der Waals surface area contributed by atoms with E-state index < -0.39 is 4.92 Å². The summed E-state index contributed by atoms with van der Waals surface area (Å²) < 4.78 is 11.5. The zero-order valence-corrected chi connectivity index (χ0v) is 19.1. The van der Waals surface area contributed by atoms with Gasteiger partial charge in [0, 0.05) is 18.7 Å². The lowest BCUT2D eigenvalue weighted by molar-refractivity contribution is -0.384. The highest BCUT2D eigenvalue weighted by molar-refractivity contribution is 8.18. The van der Waals surface area contributed by atoms with Gasteiger partial charge < -0.3 is 9.47 Å². The van der Waals surface area contributed by atoms with E-state index in [1.807, 2.05) is 13.8 Å². The van der Waals surface area contributed by atoms with Crippen molar-refractivity contribution in [1.82, 2.24) is 4.90 Å². The molecule has 3 rings (SSSR count). The van der Waals surface area contributed by atoms with Crippen LogP contribution >= 0.6 is 23.4 Å². The average molecular weight is 477 g/mol. The third kappa shape index (κ3) is 5.41. The molecule has 1 saturated heterocycles. The van der Waals surface area contributed by atoms with Gasteiger partial charge in [0.05, 0.1) is 21.5 Å². The van der Waals surface area contributed by atoms with Crippen LogP contribution < -0.4 is 9.47 Å². The van der Waals surface area contributed by atoms with Crippen LogP contribution in [0.1, 0.15) is 31.4 Å². The second kappa shape index (κ2) is 10.5. The molecule has 2 aromatic carbocycles. The van der Waals surface area contributed by atoms with E-state index in [-0.39, 0.29) is 28.5 Å². The molecule has 1 aliphatic heterocycles. The highest BCUT2D eigenvalue weighted by Gasteiger charge is 2.34. The van der Waals surface area contributed by atoms with Crippen LogP contribution in [0.5, 0.6) is 11.5 Å². The predicted octanol–water partition coefficient (Wildman–Crippen LogP) is 5.67. The molecule has 0 N–H and O–H groups in total. The molecule has 2 aromatic rings. The molecule has 0 bridgehead atoms. The Morgan fingerprint density at radius 3 is 2.50 bits per heavy atom. The molecule has 2 amide bonds. The normalized spacial score (nSPS) is 14.8. The number of nitro groups is 1. The number of halogens is 1. The highest BCUT2D eigenvalue weighted by Crippen LogP contribution is 2.39. The summed E-state index contributed by atoms with van der Waals surface area (Å²) >= 11 is 7.33. The van der Waals surface area contributed by atoms with E-state index in [9.17, 15) is 19.7 Å². The zero-order chi connectivity index (χ0) is 23.3. The summed E-state index contributed by atoms with van der Waals surface area (Å²) in [6.45, 7) is 4.59. The van der Waals surface area contributed by atoms with Gasteiger partial charge in [0.2, 0.25) is 0 Å². The minimum atomic E-state index is -0.468. The quantitative estimate of drug-likeness (QED) is 0.261. The Hall–Kier alpha value is -3.04. The molecule has 0 aromatic heterocycles. The van der Waals surface area contributed by atoms with Crippen molar-refractivity contribution >= 4 is 46.3 Å². The van der Waals surface area contributed by atoms with Gasteiger partial charge in [-0.3, -0.25) is 24.6 Å². The Kier molecular flexibility index (Phi) is 7.76. The minimum Gasteiger partial charge on any atom is -0.490 e. The Morgan fingerprint density at radius 1 is 1.16 bits per heavy atom. The number of nitro benzene ring substituents is 1. The van der Waals surface area contributed by atoms with E-state index >= 15 is 0 Å². The topological polar surface area (TPSA) is 99.0 Å². The standard InChI is InChI=1S/C22H21ClN2O6S/c1-3-9-24-21(26)19(32-22(24)27)12-15-10-17(23)20(18(11-15)30-4-2)31-13-14-5-7-16(8-6-14)25(28)29/h5-8,10-12H,3-4,9,13H2,1-2H3/b19-12+. The molecule has 8 nitrogen and oxygen atoms in total. The van der Waals surface area contributed by atoms with Crippen LogP contribution in [0, 0.1) is 10.1 Å². The molecular weight excluding hydrogens is 456 g/mol. The summed E-state index contributed by atoms with van der Waals surface area (Å²) in [5, 5.41) is 10.8. The van der Waals surface area contributed by atoms with Crippen LogP contribution in [-0.2, 0) is 11.4 Å². The number of carbonyl (C=O) groups excluding carboxylic acids is 2. The molecule has 0 aliphatic carbocycles. The van der Waals surface area contributed by atoms with Gasteiger partial charge in [0.1, 0.15) is 6.61 Å². The largest absolute Gasteiger partial charge is 0.490 e. The van der Waals surface area contributed by atoms with Crippen molar-refractivity contribution in [2.45, 2.75) is 26.9 Å². The molecule has 0 radical (unpaired) electrons. The summed E-state index contributed by atoms with van der Waals surface area (Å²) in [6.07, 6.45) is 2.29.